The maximum Gasteiger partial charge on any atom is 0.295 e. The van der Waals surface area contributed by atoms with E-state index < -0.39 is 17.7 Å². The number of nitrogens with zero attached hydrogens (tertiary/aromatic N) is 2. The van der Waals surface area contributed by atoms with Crippen LogP contribution in [0, 0.1) is 0 Å². The lowest BCUT2D eigenvalue weighted by Gasteiger charge is -2.25. The predicted molar refractivity (Wildman–Crippen MR) is 124 cm³/mol. The number of amides is 1. The molecule has 1 N–H and O–H groups in total. The van der Waals surface area contributed by atoms with Crippen molar-refractivity contribution < 1.29 is 19.4 Å². The van der Waals surface area contributed by atoms with Gasteiger partial charge in [0, 0.05) is 17.0 Å². The van der Waals surface area contributed by atoms with E-state index in [1.54, 1.807) is 17.0 Å². The molecular formula is C23H27ClN2O4S. The molecule has 1 aromatic carbocycles. The number of likely N-dealkylation sites (tertiary alicyclic amines) is 1. The third kappa shape index (κ3) is 4.79. The normalized spacial score (nSPS) is 18.2. The highest BCUT2D eigenvalue weighted by molar-refractivity contribution is 7.10. The minimum atomic E-state index is -0.675. The zero-order chi connectivity index (χ0) is 22.5. The second kappa shape index (κ2) is 10.3. The van der Waals surface area contributed by atoms with Crippen molar-refractivity contribution in [2.24, 2.45) is 0 Å². The van der Waals surface area contributed by atoms with Gasteiger partial charge in [-0.05, 0) is 55.7 Å². The van der Waals surface area contributed by atoms with Gasteiger partial charge in [-0.25, -0.2) is 0 Å². The highest BCUT2D eigenvalue weighted by Gasteiger charge is 2.46. The predicted octanol–water partition coefficient (Wildman–Crippen LogP) is 4.56. The van der Waals surface area contributed by atoms with Gasteiger partial charge in [0.2, 0.25) is 0 Å². The minimum Gasteiger partial charge on any atom is -0.507 e. The number of aliphatic hydroxyl groups is 1. The molecule has 1 amide bonds. The number of rotatable bonds is 9. The molecule has 1 fully saturated rings. The molecular weight excluding hydrogens is 436 g/mol. The van der Waals surface area contributed by atoms with Gasteiger partial charge in [0.25, 0.3) is 11.7 Å². The molecule has 1 aromatic heterocycles. The van der Waals surface area contributed by atoms with Crippen molar-refractivity contribution >= 4 is 40.4 Å². The Labute approximate surface area is 191 Å². The second-order valence-corrected chi connectivity index (χ2v) is 8.62. The lowest BCUT2D eigenvalue weighted by molar-refractivity contribution is -0.139. The fourth-order valence-corrected chi connectivity index (χ4v) is 4.93. The van der Waals surface area contributed by atoms with Gasteiger partial charge in [-0.1, -0.05) is 31.5 Å². The van der Waals surface area contributed by atoms with Crippen LogP contribution >= 0.6 is 22.9 Å². The summed E-state index contributed by atoms with van der Waals surface area (Å²) in [6, 6.07) is 7.93. The molecule has 0 unspecified atom stereocenters. The fraction of sp³-hybridized carbons (Fsp3) is 0.391. The Hall–Kier alpha value is -2.35. The lowest BCUT2D eigenvalue weighted by Crippen LogP contribution is -2.33. The molecule has 166 valence electrons. The summed E-state index contributed by atoms with van der Waals surface area (Å²) >= 11 is 7.67. The number of ether oxygens (including phenoxy) is 1. The van der Waals surface area contributed by atoms with Crippen molar-refractivity contribution in [1.29, 1.82) is 0 Å². The van der Waals surface area contributed by atoms with Gasteiger partial charge < -0.3 is 19.6 Å². The lowest BCUT2D eigenvalue weighted by atomic mass is 9.99. The molecule has 8 heteroatoms. The van der Waals surface area contributed by atoms with Gasteiger partial charge >= 0.3 is 0 Å². The van der Waals surface area contributed by atoms with Crippen LogP contribution in [0.3, 0.4) is 0 Å². The summed E-state index contributed by atoms with van der Waals surface area (Å²) < 4.78 is 5.16. The second-order valence-electron chi connectivity index (χ2n) is 7.24. The molecule has 1 atom stereocenters. The molecule has 1 aliphatic rings. The van der Waals surface area contributed by atoms with Gasteiger partial charge in [-0.3, -0.25) is 9.59 Å². The summed E-state index contributed by atoms with van der Waals surface area (Å²) in [6.07, 6.45) is 0.741. The maximum atomic E-state index is 13.0. The van der Waals surface area contributed by atoms with E-state index in [1.807, 2.05) is 17.5 Å². The quantitative estimate of drug-likeness (QED) is 0.336. The Kier molecular flexibility index (Phi) is 7.75. The Morgan fingerprint density at radius 2 is 2.00 bits per heavy atom. The molecule has 31 heavy (non-hydrogen) atoms. The van der Waals surface area contributed by atoms with Crippen LogP contribution in [0.5, 0.6) is 5.75 Å². The molecule has 0 bridgehead atoms. The van der Waals surface area contributed by atoms with E-state index in [1.165, 1.54) is 24.5 Å². The highest BCUT2D eigenvalue weighted by atomic mass is 35.5. The van der Waals surface area contributed by atoms with E-state index in [-0.39, 0.29) is 11.3 Å². The molecule has 0 aliphatic carbocycles. The number of aliphatic hydroxyl groups excluding tert-OH is 1. The van der Waals surface area contributed by atoms with E-state index >= 15 is 0 Å². The summed E-state index contributed by atoms with van der Waals surface area (Å²) in [5, 5.41) is 13.3. The van der Waals surface area contributed by atoms with Gasteiger partial charge in [0.05, 0.1) is 23.7 Å². The van der Waals surface area contributed by atoms with Gasteiger partial charge in [-0.2, -0.15) is 0 Å². The smallest absolute Gasteiger partial charge is 0.295 e. The third-order valence-electron chi connectivity index (χ3n) is 5.55. The first-order chi connectivity index (χ1) is 14.9. The van der Waals surface area contributed by atoms with Crippen molar-refractivity contribution in [2.75, 3.05) is 33.3 Å². The summed E-state index contributed by atoms with van der Waals surface area (Å²) in [5.41, 5.74) is 0.463. The van der Waals surface area contributed by atoms with Crippen LogP contribution in [-0.2, 0) is 9.59 Å². The number of Topliss-reactive ketones (excluding diaryl/α,β-unsaturated/α-hetero) is 1. The Balaban J connectivity index is 1.98. The van der Waals surface area contributed by atoms with E-state index in [0.717, 1.165) is 30.9 Å². The molecule has 1 aliphatic heterocycles. The number of carbonyl (C=O) groups is 2. The van der Waals surface area contributed by atoms with Gasteiger partial charge in [-0.15, -0.1) is 11.3 Å². The van der Waals surface area contributed by atoms with E-state index in [9.17, 15) is 14.7 Å². The summed E-state index contributed by atoms with van der Waals surface area (Å²) in [5.74, 6) is -1.03. The van der Waals surface area contributed by atoms with Crippen molar-refractivity contribution in [3.8, 4) is 5.75 Å². The first-order valence-electron chi connectivity index (χ1n) is 10.3. The van der Waals surface area contributed by atoms with Crippen molar-refractivity contribution in [3.05, 3.63) is 56.7 Å². The van der Waals surface area contributed by atoms with E-state index in [0.29, 0.717) is 22.9 Å². The van der Waals surface area contributed by atoms with Crippen molar-refractivity contribution in [3.63, 3.8) is 0 Å². The average Bonchev–Trinajstić information content (AvgIpc) is 3.38. The number of methoxy groups -OCH3 is 1. The first-order valence-corrected chi connectivity index (χ1v) is 11.6. The number of halogens is 1. The summed E-state index contributed by atoms with van der Waals surface area (Å²) in [6.45, 7) is 7.33. The van der Waals surface area contributed by atoms with Gasteiger partial charge in [0.15, 0.2) is 0 Å². The molecule has 2 heterocycles. The largest absolute Gasteiger partial charge is 0.507 e. The zero-order valence-corrected chi connectivity index (χ0v) is 19.5. The minimum absolute atomic E-state index is 0.0940. The summed E-state index contributed by atoms with van der Waals surface area (Å²) in [7, 11) is 1.50. The third-order valence-corrected chi connectivity index (χ3v) is 6.77. The number of hydrogen-bond donors (Lipinski definition) is 1. The molecule has 0 saturated carbocycles. The van der Waals surface area contributed by atoms with Crippen LogP contribution in [0.2, 0.25) is 5.02 Å². The number of carbonyl (C=O) groups excluding carboxylic acids is 2. The average molecular weight is 463 g/mol. The SMILES string of the molecule is CCN(CC)CCCN1C(=O)C(=O)C(=C(O)c2ccc(OC)c(Cl)c2)[C@H]1c1cccs1. The molecule has 0 spiro atoms. The Morgan fingerprint density at radius 3 is 2.58 bits per heavy atom. The standard InChI is InChI=1S/C23H27ClN2O4S/c1-4-25(5-2)11-7-12-26-20(18-8-6-13-31-18)19(22(28)23(26)29)21(27)15-9-10-17(30-3)16(24)14-15/h6,8-10,13-14,20,27H,4-5,7,11-12H2,1-3H3/t20-/m1/s1. The topological polar surface area (TPSA) is 70.1 Å². The Bertz CT molecular complexity index is 970. The summed E-state index contributed by atoms with van der Waals surface area (Å²) in [4.78, 5) is 30.6. The number of ketones is 1. The van der Waals surface area contributed by atoms with Crippen LogP contribution in [0.1, 0.15) is 36.8 Å². The molecule has 0 radical (unpaired) electrons. The number of benzene rings is 1. The van der Waals surface area contributed by atoms with Crippen LogP contribution in [-0.4, -0.2) is 59.9 Å². The van der Waals surface area contributed by atoms with E-state index in [2.05, 4.69) is 18.7 Å². The maximum absolute atomic E-state index is 13.0. The molecule has 1 saturated heterocycles. The van der Waals surface area contributed by atoms with Crippen molar-refractivity contribution in [2.45, 2.75) is 26.3 Å². The van der Waals surface area contributed by atoms with Crippen LogP contribution in [0.15, 0.2) is 41.3 Å². The monoisotopic (exact) mass is 462 g/mol. The van der Waals surface area contributed by atoms with Crippen LogP contribution < -0.4 is 4.74 Å². The molecule has 6 nitrogen and oxygen atoms in total. The molecule has 2 aromatic rings. The fourth-order valence-electron chi connectivity index (χ4n) is 3.83. The van der Waals surface area contributed by atoms with Crippen LogP contribution in [0.4, 0.5) is 0 Å². The first kappa shape index (κ1) is 23.3. The zero-order valence-electron chi connectivity index (χ0n) is 17.9. The van der Waals surface area contributed by atoms with E-state index in [4.69, 9.17) is 16.3 Å². The van der Waals surface area contributed by atoms with Gasteiger partial charge in [0.1, 0.15) is 11.5 Å². The number of hydrogen-bond acceptors (Lipinski definition) is 6. The number of thiophene rings is 1. The molecule has 3 rings (SSSR count). The Morgan fingerprint density at radius 1 is 1.26 bits per heavy atom. The van der Waals surface area contributed by atoms with Crippen LogP contribution in [0.25, 0.3) is 5.76 Å². The van der Waals surface area contributed by atoms with Crippen molar-refractivity contribution in [1.82, 2.24) is 9.80 Å². The highest BCUT2D eigenvalue weighted by Crippen LogP contribution is 2.41.